The number of piperidine rings is 1. The SMILES string of the molecule is O=C1N(CC2CC2)CCC[C@@]12CCN(Cc1ccc(F)cc1Cl)C2. The summed E-state index contributed by atoms with van der Waals surface area (Å²) in [5, 5.41) is 0.473. The zero-order chi connectivity index (χ0) is 16.7. The van der Waals surface area contributed by atoms with Gasteiger partial charge in [-0.1, -0.05) is 17.7 Å². The van der Waals surface area contributed by atoms with Crippen molar-refractivity contribution in [1.29, 1.82) is 0 Å². The fraction of sp³-hybridized carbons (Fsp3) is 0.632. The summed E-state index contributed by atoms with van der Waals surface area (Å²) >= 11 is 6.16. The van der Waals surface area contributed by atoms with Gasteiger partial charge in [0, 0.05) is 31.2 Å². The normalized spacial score (nSPS) is 28.1. The Hall–Kier alpha value is -1.13. The number of nitrogens with zero attached hydrogens (tertiary/aromatic N) is 2. The summed E-state index contributed by atoms with van der Waals surface area (Å²) in [5.41, 5.74) is 0.743. The molecule has 2 saturated heterocycles. The summed E-state index contributed by atoms with van der Waals surface area (Å²) in [6.07, 6.45) is 5.62. The number of benzene rings is 1. The highest BCUT2D eigenvalue weighted by Crippen LogP contribution is 2.42. The molecule has 24 heavy (non-hydrogen) atoms. The van der Waals surface area contributed by atoms with Crippen LogP contribution in [-0.4, -0.2) is 41.9 Å². The number of hydrogen-bond donors (Lipinski definition) is 0. The van der Waals surface area contributed by atoms with Crippen LogP contribution in [0.3, 0.4) is 0 Å². The Bertz CT molecular complexity index is 648. The van der Waals surface area contributed by atoms with Crippen LogP contribution in [0.1, 0.15) is 37.7 Å². The largest absolute Gasteiger partial charge is 0.342 e. The van der Waals surface area contributed by atoms with Crippen LogP contribution < -0.4 is 0 Å². The third-order valence-electron chi connectivity index (χ3n) is 5.84. The van der Waals surface area contributed by atoms with Gasteiger partial charge in [-0.15, -0.1) is 0 Å². The molecule has 4 rings (SSSR count). The van der Waals surface area contributed by atoms with Crippen LogP contribution in [0, 0.1) is 17.2 Å². The van der Waals surface area contributed by atoms with E-state index in [9.17, 15) is 9.18 Å². The maximum absolute atomic E-state index is 13.2. The van der Waals surface area contributed by atoms with Crippen molar-refractivity contribution in [3.63, 3.8) is 0 Å². The molecule has 2 heterocycles. The molecule has 0 unspecified atom stereocenters. The quantitative estimate of drug-likeness (QED) is 0.826. The van der Waals surface area contributed by atoms with Crippen molar-refractivity contribution in [2.75, 3.05) is 26.2 Å². The number of carbonyl (C=O) groups is 1. The number of hydrogen-bond acceptors (Lipinski definition) is 2. The van der Waals surface area contributed by atoms with Crippen LogP contribution in [0.2, 0.25) is 5.02 Å². The Morgan fingerprint density at radius 2 is 2.08 bits per heavy atom. The lowest BCUT2D eigenvalue weighted by Crippen LogP contribution is -2.50. The second-order valence-electron chi connectivity index (χ2n) is 7.77. The predicted molar refractivity (Wildman–Crippen MR) is 92.3 cm³/mol. The van der Waals surface area contributed by atoms with Crippen molar-refractivity contribution in [2.24, 2.45) is 11.3 Å². The molecule has 1 saturated carbocycles. The lowest BCUT2D eigenvalue weighted by Gasteiger charge is -2.39. The lowest BCUT2D eigenvalue weighted by molar-refractivity contribution is -0.145. The molecule has 0 radical (unpaired) electrons. The van der Waals surface area contributed by atoms with Gasteiger partial charge < -0.3 is 4.90 Å². The molecule has 130 valence electrons. The van der Waals surface area contributed by atoms with Crippen molar-refractivity contribution in [1.82, 2.24) is 9.80 Å². The molecule has 0 N–H and O–H groups in total. The van der Waals surface area contributed by atoms with Crippen LogP contribution in [-0.2, 0) is 11.3 Å². The molecule has 1 aromatic rings. The van der Waals surface area contributed by atoms with E-state index in [1.54, 1.807) is 6.07 Å². The molecule has 1 aliphatic carbocycles. The second-order valence-corrected chi connectivity index (χ2v) is 8.18. The first-order chi connectivity index (χ1) is 11.6. The summed E-state index contributed by atoms with van der Waals surface area (Å²) in [6, 6.07) is 4.58. The third-order valence-corrected chi connectivity index (χ3v) is 6.19. The van der Waals surface area contributed by atoms with Gasteiger partial charge in [0.2, 0.25) is 5.91 Å². The van der Waals surface area contributed by atoms with Gasteiger partial charge in [-0.3, -0.25) is 9.69 Å². The maximum atomic E-state index is 13.2. The maximum Gasteiger partial charge on any atom is 0.230 e. The van der Waals surface area contributed by atoms with Crippen molar-refractivity contribution in [3.8, 4) is 0 Å². The molecule has 0 bridgehead atoms. The minimum atomic E-state index is -0.306. The topological polar surface area (TPSA) is 23.6 Å². The molecule has 2 aliphatic heterocycles. The molecular formula is C19H24ClFN2O. The minimum absolute atomic E-state index is 0.195. The van der Waals surface area contributed by atoms with Crippen molar-refractivity contribution in [2.45, 2.75) is 38.6 Å². The van der Waals surface area contributed by atoms with Crippen LogP contribution in [0.25, 0.3) is 0 Å². The van der Waals surface area contributed by atoms with Gasteiger partial charge in [0.1, 0.15) is 5.82 Å². The van der Waals surface area contributed by atoms with E-state index in [-0.39, 0.29) is 11.2 Å². The molecule has 3 aliphatic rings. The first kappa shape index (κ1) is 16.3. The van der Waals surface area contributed by atoms with E-state index in [2.05, 4.69) is 9.80 Å². The number of rotatable bonds is 4. The molecule has 3 nitrogen and oxygen atoms in total. The average molecular weight is 351 g/mol. The van der Waals surface area contributed by atoms with E-state index in [0.29, 0.717) is 17.5 Å². The van der Waals surface area contributed by atoms with E-state index in [1.807, 2.05) is 0 Å². The monoisotopic (exact) mass is 350 g/mol. The molecule has 0 aromatic heterocycles. The molecule has 5 heteroatoms. The minimum Gasteiger partial charge on any atom is -0.342 e. The van der Waals surface area contributed by atoms with E-state index < -0.39 is 0 Å². The lowest BCUT2D eigenvalue weighted by atomic mass is 9.78. The Kier molecular flexibility index (Phi) is 4.29. The summed E-state index contributed by atoms with van der Waals surface area (Å²) in [7, 11) is 0. The van der Waals surface area contributed by atoms with Crippen LogP contribution in [0.15, 0.2) is 18.2 Å². The summed E-state index contributed by atoms with van der Waals surface area (Å²) in [4.78, 5) is 17.5. The second kappa shape index (κ2) is 6.30. The van der Waals surface area contributed by atoms with Crippen LogP contribution in [0.5, 0.6) is 0 Å². The van der Waals surface area contributed by atoms with Crippen molar-refractivity contribution < 1.29 is 9.18 Å². The van der Waals surface area contributed by atoms with E-state index in [4.69, 9.17) is 11.6 Å². The smallest absolute Gasteiger partial charge is 0.230 e. The zero-order valence-electron chi connectivity index (χ0n) is 13.9. The number of halogens is 2. The summed E-state index contributed by atoms with van der Waals surface area (Å²) in [5.74, 6) is 0.813. The summed E-state index contributed by atoms with van der Waals surface area (Å²) in [6.45, 7) is 4.30. The van der Waals surface area contributed by atoms with E-state index in [0.717, 1.165) is 56.9 Å². The van der Waals surface area contributed by atoms with Gasteiger partial charge in [-0.2, -0.15) is 0 Å². The fourth-order valence-corrected chi connectivity index (χ4v) is 4.53. The highest BCUT2D eigenvalue weighted by Gasteiger charge is 2.48. The molecule has 1 amide bonds. The molecule has 3 fully saturated rings. The average Bonchev–Trinajstić information content (AvgIpc) is 3.27. The van der Waals surface area contributed by atoms with E-state index >= 15 is 0 Å². The van der Waals surface area contributed by atoms with Gasteiger partial charge in [0.05, 0.1) is 5.41 Å². The standard InChI is InChI=1S/C19H24ClFN2O/c20-17-10-16(21)5-4-15(17)12-22-9-7-19(13-22)6-1-8-23(18(19)24)11-14-2-3-14/h4-5,10,14H,1-3,6-9,11-13H2/t19-/m0/s1. The number of carbonyl (C=O) groups excluding carboxylic acids is 1. The first-order valence-electron chi connectivity index (χ1n) is 9.01. The van der Waals surface area contributed by atoms with Gasteiger partial charge in [0.15, 0.2) is 0 Å². The number of likely N-dealkylation sites (tertiary alicyclic amines) is 2. The van der Waals surface area contributed by atoms with Gasteiger partial charge in [-0.25, -0.2) is 4.39 Å². The Labute approximate surface area is 147 Å². The van der Waals surface area contributed by atoms with Gasteiger partial charge in [0.25, 0.3) is 0 Å². The van der Waals surface area contributed by atoms with Crippen molar-refractivity contribution in [3.05, 3.63) is 34.6 Å². The van der Waals surface area contributed by atoms with Crippen LogP contribution in [0.4, 0.5) is 4.39 Å². The molecular weight excluding hydrogens is 327 g/mol. The predicted octanol–water partition coefficient (Wildman–Crippen LogP) is 3.70. The Morgan fingerprint density at radius 3 is 2.83 bits per heavy atom. The summed E-state index contributed by atoms with van der Waals surface area (Å²) < 4.78 is 13.2. The van der Waals surface area contributed by atoms with Crippen LogP contribution >= 0.6 is 11.6 Å². The highest BCUT2D eigenvalue weighted by atomic mass is 35.5. The first-order valence-corrected chi connectivity index (χ1v) is 9.39. The fourth-order valence-electron chi connectivity index (χ4n) is 4.30. The van der Waals surface area contributed by atoms with E-state index in [1.165, 1.54) is 25.0 Å². The zero-order valence-corrected chi connectivity index (χ0v) is 14.7. The third kappa shape index (κ3) is 3.18. The Balaban J connectivity index is 1.43. The van der Waals surface area contributed by atoms with Gasteiger partial charge >= 0.3 is 0 Å². The van der Waals surface area contributed by atoms with Gasteiger partial charge in [-0.05, 0) is 62.3 Å². The molecule has 1 atom stereocenters. The highest BCUT2D eigenvalue weighted by molar-refractivity contribution is 6.31. The Morgan fingerprint density at radius 1 is 1.25 bits per heavy atom. The molecule has 1 spiro atoms. The van der Waals surface area contributed by atoms with Crippen molar-refractivity contribution >= 4 is 17.5 Å². The number of amides is 1. The molecule has 1 aromatic carbocycles.